The van der Waals surface area contributed by atoms with Gasteiger partial charge in [-0.05, 0) is 98.8 Å². The van der Waals surface area contributed by atoms with Crippen molar-refractivity contribution < 1.29 is 0 Å². The molecule has 0 bridgehead atoms. The second-order valence-corrected chi connectivity index (χ2v) is 9.65. The normalized spacial score (nSPS) is 27.5. The van der Waals surface area contributed by atoms with Crippen LogP contribution >= 0.6 is 0 Å². The first-order valence-electron chi connectivity index (χ1n) is 12.6. The maximum absolute atomic E-state index is 3.33. The molecule has 0 aromatic heterocycles. The molecule has 2 aliphatic carbocycles. The summed E-state index contributed by atoms with van der Waals surface area (Å²) in [4.78, 5) is 0. The highest BCUT2D eigenvalue weighted by molar-refractivity contribution is 5.39. The van der Waals surface area contributed by atoms with Crippen molar-refractivity contribution in [1.29, 1.82) is 0 Å². The van der Waals surface area contributed by atoms with Crippen LogP contribution in [0.4, 0.5) is 0 Å². The molecular formula is C29H42. The predicted molar refractivity (Wildman–Crippen MR) is 127 cm³/mol. The average molecular weight is 391 g/mol. The minimum atomic E-state index is 0.756. The molecule has 2 saturated carbocycles. The summed E-state index contributed by atoms with van der Waals surface area (Å²) in [5, 5.41) is 0. The molecule has 0 N–H and O–H groups in total. The van der Waals surface area contributed by atoms with Crippen molar-refractivity contribution in [1.82, 2.24) is 0 Å². The molecule has 0 aliphatic heterocycles. The van der Waals surface area contributed by atoms with Crippen LogP contribution in [0.25, 0.3) is 0 Å². The van der Waals surface area contributed by atoms with E-state index in [0.717, 1.165) is 29.2 Å². The SMILES string of the molecule is CCCCCC1CCC(c2ccc(C#CC=CC3CCC(CC)CC3)cc2)CC1. The first-order chi connectivity index (χ1) is 14.3. The lowest BCUT2D eigenvalue weighted by atomic mass is 9.77. The van der Waals surface area contributed by atoms with Crippen molar-refractivity contribution in [3.63, 3.8) is 0 Å². The van der Waals surface area contributed by atoms with Gasteiger partial charge < -0.3 is 0 Å². The van der Waals surface area contributed by atoms with Crippen LogP contribution in [0, 0.1) is 29.6 Å². The van der Waals surface area contributed by atoms with Gasteiger partial charge in [-0.25, -0.2) is 0 Å². The fourth-order valence-electron chi connectivity index (χ4n) is 5.40. The Bertz CT molecular complexity index is 652. The zero-order valence-electron chi connectivity index (χ0n) is 19.0. The number of benzene rings is 1. The molecule has 0 radical (unpaired) electrons. The van der Waals surface area contributed by atoms with Crippen LogP contribution < -0.4 is 0 Å². The van der Waals surface area contributed by atoms with Gasteiger partial charge in [-0.15, -0.1) is 0 Å². The van der Waals surface area contributed by atoms with E-state index >= 15 is 0 Å². The van der Waals surface area contributed by atoms with E-state index < -0.39 is 0 Å². The van der Waals surface area contributed by atoms with Crippen LogP contribution in [-0.4, -0.2) is 0 Å². The summed E-state index contributed by atoms with van der Waals surface area (Å²) in [6.45, 7) is 4.64. The molecule has 0 spiro atoms. The summed E-state index contributed by atoms with van der Waals surface area (Å²) in [7, 11) is 0. The van der Waals surface area contributed by atoms with Crippen molar-refractivity contribution in [2.24, 2.45) is 17.8 Å². The summed E-state index contributed by atoms with van der Waals surface area (Å²) in [5.74, 6) is 10.1. The Balaban J connectivity index is 1.42. The van der Waals surface area contributed by atoms with Crippen molar-refractivity contribution in [3.8, 4) is 11.8 Å². The molecule has 2 aliphatic rings. The van der Waals surface area contributed by atoms with Crippen LogP contribution in [0.5, 0.6) is 0 Å². The second-order valence-electron chi connectivity index (χ2n) is 9.65. The van der Waals surface area contributed by atoms with Crippen LogP contribution in [0.3, 0.4) is 0 Å². The van der Waals surface area contributed by atoms with E-state index in [9.17, 15) is 0 Å². The Morgan fingerprint density at radius 1 is 0.828 bits per heavy atom. The molecule has 0 unspecified atom stereocenters. The zero-order chi connectivity index (χ0) is 20.3. The Morgan fingerprint density at radius 3 is 2.17 bits per heavy atom. The molecule has 0 heterocycles. The number of hydrogen-bond acceptors (Lipinski definition) is 0. The lowest BCUT2D eigenvalue weighted by Crippen LogP contribution is -2.13. The minimum absolute atomic E-state index is 0.756. The highest BCUT2D eigenvalue weighted by Gasteiger charge is 2.22. The molecule has 2 fully saturated rings. The van der Waals surface area contributed by atoms with E-state index in [-0.39, 0.29) is 0 Å². The van der Waals surface area contributed by atoms with Gasteiger partial charge in [-0.3, -0.25) is 0 Å². The standard InChI is InChI=1S/C29H42/c1-3-5-6-9-26-16-20-28(21-17-26)29-22-18-27(19-23-29)11-8-7-10-25-14-12-24(4-2)13-15-25/h7,10,18-19,22-26,28H,3-6,9,12-17,20-21H2,1-2H3. The maximum atomic E-state index is 3.33. The summed E-state index contributed by atoms with van der Waals surface area (Å²) in [6.07, 6.45) is 22.6. The van der Waals surface area contributed by atoms with E-state index in [2.05, 4.69) is 62.1 Å². The molecule has 0 heteroatoms. The molecule has 3 rings (SSSR count). The van der Waals surface area contributed by atoms with Crippen molar-refractivity contribution in [2.75, 3.05) is 0 Å². The second kappa shape index (κ2) is 12.3. The zero-order valence-corrected chi connectivity index (χ0v) is 19.0. The first-order valence-corrected chi connectivity index (χ1v) is 12.6. The average Bonchev–Trinajstić information content (AvgIpc) is 2.78. The summed E-state index contributed by atoms with van der Waals surface area (Å²) < 4.78 is 0. The summed E-state index contributed by atoms with van der Waals surface area (Å²) in [5.41, 5.74) is 2.69. The number of rotatable bonds is 7. The highest BCUT2D eigenvalue weighted by atomic mass is 14.3. The van der Waals surface area contributed by atoms with Crippen molar-refractivity contribution in [3.05, 3.63) is 47.5 Å². The van der Waals surface area contributed by atoms with Gasteiger partial charge in [0.2, 0.25) is 0 Å². The third kappa shape index (κ3) is 7.37. The van der Waals surface area contributed by atoms with Crippen molar-refractivity contribution in [2.45, 2.75) is 103 Å². The molecule has 0 saturated heterocycles. The fourth-order valence-corrected chi connectivity index (χ4v) is 5.40. The van der Waals surface area contributed by atoms with Gasteiger partial charge in [-0.1, -0.05) is 76.0 Å². The third-order valence-electron chi connectivity index (χ3n) is 7.58. The van der Waals surface area contributed by atoms with Crippen LogP contribution in [-0.2, 0) is 0 Å². The smallest absolute Gasteiger partial charge is 0.0249 e. The monoisotopic (exact) mass is 390 g/mol. The van der Waals surface area contributed by atoms with E-state index in [4.69, 9.17) is 0 Å². The molecule has 1 aromatic carbocycles. The lowest BCUT2D eigenvalue weighted by Gasteiger charge is -2.29. The number of unbranched alkanes of at least 4 members (excludes halogenated alkanes) is 2. The molecule has 1 aromatic rings. The Morgan fingerprint density at radius 2 is 1.52 bits per heavy atom. The molecular weight excluding hydrogens is 348 g/mol. The predicted octanol–water partition coefficient (Wildman–Crippen LogP) is 8.66. The Labute approximate surface area is 180 Å². The van der Waals surface area contributed by atoms with E-state index in [1.165, 1.54) is 89.0 Å². The van der Waals surface area contributed by atoms with E-state index in [0.29, 0.717) is 0 Å². The first kappa shape index (κ1) is 22.2. The molecule has 0 nitrogen and oxygen atoms in total. The Hall–Kier alpha value is -1.48. The molecule has 0 atom stereocenters. The van der Waals surface area contributed by atoms with Crippen molar-refractivity contribution >= 4 is 0 Å². The van der Waals surface area contributed by atoms with Gasteiger partial charge in [0.25, 0.3) is 0 Å². The number of allylic oxidation sites excluding steroid dienone is 2. The van der Waals surface area contributed by atoms with Crippen LogP contribution in [0.15, 0.2) is 36.4 Å². The summed E-state index contributed by atoms with van der Waals surface area (Å²) >= 11 is 0. The van der Waals surface area contributed by atoms with Gasteiger partial charge in [0.05, 0.1) is 0 Å². The lowest BCUT2D eigenvalue weighted by molar-refractivity contribution is 0.303. The largest absolute Gasteiger partial charge is 0.0730 e. The number of hydrogen-bond donors (Lipinski definition) is 0. The van der Waals surface area contributed by atoms with Gasteiger partial charge in [0.15, 0.2) is 0 Å². The van der Waals surface area contributed by atoms with E-state index in [1.54, 1.807) is 0 Å². The van der Waals surface area contributed by atoms with Gasteiger partial charge in [0.1, 0.15) is 0 Å². The quantitative estimate of drug-likeness (QED) is 0.323. The Kier molecular flexibility index (Phi) is 9.40. The fraction of sp³-hybridized carbons (Fsp3) is 0.655. The van der Waals surface area contributed by atoms with Gasteiger partial charge >= 0.3 is 0 Å². The summed E-state index contributed by atoms with van der Waals surface area (Å²) in [6, 6.07) is 9.13. The van der Waals surface area contributed by atoms with Crippen LogP contribution in [0.2, 0.25) is 0 Å². The minimum Gasteiger partial charge on any atom is -0.0730 e. The van der Waals surface area contributed by atoms with Crippen LogP contribution in [0.1, 0.15) is 114 Å². The maximum Gasteiger partial charge on any atom is 0.0249 e. The van der Waals surface area contributed by atoms with Gasteiger partial charge in [-0.2, -0.15) is 0 Å². The van der Waals surface area contributed by atoms with E-state index in [1.807, 2.05) is 0 Å². The molecule has 29 heavy (non-hydrogen) atoms. The third-order valence-corrected chi connectivity index (χ3v) is 7.58. The molecule has 0 amide bonds. The van der Waals surface area contributed by atoms with Gasteiger partial charge in [0, 0.05) is 5.56 Å². The topological polar surface area (TPSA) is 0 Å². The highest BCUT2D eigenvalue weighted by Crippen LogP contribution is 2.37. The molecule has 158 valence electrons.